The van der Waals surface area contributed by atoms with Gasteiger partial charge in [0.25, 0.3) is 5.91 Å². The van der Waals surface area contributed by atoms with E-state index in [1.54, 1.807) is 56.5 Å². The van der Waals surface area contributed by atoms with E-state index in [2.05, 4.69) is 0 Å². The van der Waals surface area contributed by atoms with E-state index < -0.39 is 42.1 Å². The number of benzene rings is 5. The minimum Gasteiger partial charge on any atom is -0.497 e. The van der Waals surface area contributed by atoms with Gasteiger partial charge in [0.2, 0.25) is 6.23 Å². The average molecular weight is 799 g/mol. The van der Waals surface area contributed by atoms with Gasteiger partial charge >= 0.3 is 5.97 Å². The van der Waals surface area contributed by atoms with Gasteiger partial charge in [-0.05, 0) is 98.2 Å². The Bertz CT molecular complexity index is 2210. The van der Waals surface area contributed by atoms with Gasteiger partial charge in [-0.15, -0.1) is 0 Å². The summed E-state index contributed by atoms with van der Waals surface area (Å²) in [5.41, 5.74) is 4.62. The van der Waals surface area contributed by atoms with Crippen LogP contribution in [0.1, 0.15) is 61.9 Å². The molecule has 5 aromatic carbocycles. The first-order chi connectivity index (χ1) is 28.0. The second-order valence-electron chi connectivity index (χ2n) is 14.5. The molecule has 5 aromatic rings. The number of aryl methyl sites for hydroxylation is 2. The summed E-state index contributed by atoms with van der Waals surface area (Å²) in [4.78, 5) is 30.7. The second-order valence-corrected chi connectivity index (χ2v) is 14.8. The normalized spacial score (nSPS) is 19.4. The number of rotatable bonds is 12. The highest BCUT2D eigenvalue weighted by molar-refractivity contribution is 7.80. The number of carbonyl (C=O) groups excluding carboxylic acids is 2. The Morgan fingerprint density at radius 2 is 1.26 bits per heavy atom. The zero-order valence-corrected chi connectivity index (χ0v) is 33.8. The number of thiocarbonyl (C=S) groups is 1. The number of methoxy groups -OCH3 is 2. The lowest BCUT2D eigenvalue weighted by atomic mass is 9.80. The summed E-state index contributed by atoms with van der Waals surface area (Å²) in [5, 5.41) is 11.7. The summed E-state index contributed by atoms with van der Waals surface area (Å²) in [5.74, 6) is 0.340. The molecular formula is C47H46N2O8S. The molecule has 2 aliphatic heterocycles. The van der Waals surface area contributed by atoms with Crippen LogP contribution in [0.5, 0.6) is 11.5 Å². The Kier molecular flexibility index (Phi) is 12.1. The van der Waals surface area contributed by atoms with E-state index >= 15 is 0 Å². The summed E-state index contributed by atoms with van der Waals surface area (Å²) in [7, 11) is 3.24. The van der Waals surface area contributed by atoms with Crippen LogP contribution in [0.15, 0.2) is 139 Å². The standard InChI is InChI=1S/C47H46N2O8S/c1-30-11-15-33(16-12-30)43(51)49-44(57-45(52)34-17-13-31(2)14-18-34)32(3)28-48(46(49)58)42-27-40(50)41(56-42)29-55-47(35-9-7-6-8-10-35,36-19-23-38(53-4)24-20-36)37-21-25-39(54-5)26-22-37/h6-26,28,40-42,44,50H,27,29H2,1-5H3/t40-,41+,42+,44?/m0/s1. The van der Waals surface area contributed by atoms with Crippen LogP contribution in [0.25, 0.3) is 0 Å². The molecule has 1 N–H and O–H groups in total. The maximum absolute atomic E-state index is 14.3. The van der Waals surface area contributed by atoms with Gasteiger partial charge in [-0.1, -0.05) is 90.0 Å². The largest absolute Gasteiger partial charge is 0.497 e. The molecule has 11 heteroatoms. The first-order valence-corrected chi connectivity index (χ1v) is 19.4. The molecule has 1 amide bonds. The number of hydrogen-bond donors (Lipinski definition) is 1. The van der Waals surface area contributed by atoms with Crippen LogP contribution in [-0.2, 0) is 19.8 Å². The predicted octanol–water partition coefficient (Wildman–Crippen LogP) is 7.93. The Morgan fingerprint density at radius 1 is 0.741 bits per heavy atom. The van der Waals surface area contributed by atoms with Crippen molar-refractivity contribution in [2.24, 2.45) is 0 Å². The number of hydrogen-bond acceptors (Lipinski definition) is 9. The molecule has 298 valence electrons. The summed E-state index contributed by atoms with van der Waals surface area (Å²) in [6.45, 7) is 5.61. The first kappa shape index (κ1) is 40.4. The molecule has 1 fully saturated rings. The summed E-state index contributed by atoms with van der Waals surface area (Å²) in [6.07, 6.45) is -1.78. The van der Waals surface area contributed by atoms with Crippen molar-refractivity contribution >= 4 is 29.2 Å². The molecule has 1 unspecified atom stereocenters. The molecule has 0 bridgehead atoms. The number of aliphatic hydroxyl groups is 1. The molecular weight excluding hydrogens is 753 g/mol. The highest BCUT2D eigenvalue weighted by Crippen LogP contribution is 2.43. The molecule has 7 rings (SSSR count). The fourth-order valence-electron chi connectivity index (χ4n) is 7.32. The van der Waals surface area contributed by atoms with Gasteiger partial charge in [-0.3, -0.25) is 9.69 Å². The maximum Gasteiger partial charge on any atom is 0.340 e. The summed E-state index contributed by atoms with van der Waals surface area (Å²) in [6, 6.07) is 39.4. The number of nitrogens with zero attached hydrogens (tertiary/aromatic N) is 2. The fourth-order valence-corrected chi connectivity index (χ4v) is 7.67. The van der Waals surface area contributed by atoms with Crippen molar-refractivity contribution in [2.75, 3.05) is 20.8 Å². The van der Waals surface area contributed by atoms with Crippen LogP contribution >= 0.6 is 12.2 Å². The zero-order valence-electron chi connectivity index (χ0n) is 33.0. The fraction of sp³-hybridized carbons (Fsp3) is 0.255. The smallest absolute Gasteiger partial charge is 0.340 e. The highest BCUT2D eigenvalue weighted by atomic mass is 32.1. The predicted molar refractivity (Wildman–Crippen MR) is 223 cm³/mol. The van der Waals surface area contributed by atoms with Crippen molar-refractivity contribution in [1.82, 2.24) is 9.80 Å². The molecule has 2 aliphatic rings. The zero-order chi connectivity index (χ0) is 41.0. The topological polar surface area (TPSA) is 107 Å². The van der Waals surface area contributed by atoms with Crippen molar-refractivity contribution in [1.29, 1.82) is 0 Å². The number of aliphatic hydroxyl groups excluding tert-OH is 1. The maximum atomic E-state index is 14.3. The monoisotopic (exact) mass is 798 g/mol. The van der Waals surface area contributed by atoms with E-state index in [9.17, 15) is 14.7 Å². The third-order valence-electron chi connectivity index (χ3n) is 10.6. The number of ether oxygens (including phenoxy) is 5. The van der Waals surface area contributed by atoms with E-state index in [4.69, 9.17) is 35.9 Å². The molecule has 0 saturated carbocycles. The average Bonchev–Trinajstić information content (AvgIpc) is 3.62. The summed E-state index contributed by atoms with van der Waals surface area (Å²) < 4.78 is 30.6. The molecule has 0 aromatic heterocycles. The second kappa shape index (κ2) is 17.3. The van der Waals surface area contributed by atoms with Gasteiger partial charge < -0.3 is 28.8 Å². The lowest BCUT2D eigenvalue weighted by Gasteiger charge is -2.42. The van der Waals surface area contributed by atoms with Crippen LogP contribution < -0.4 is 9.47 Å². The molecule has 1 saturated heterocycles. The van der Waals surface area contributed by atoms with Crippen LogP contribution in [-0.4, -0.2) is 77.4 Å². The Labute approximate surface area is 344 Å². The van der Waals surface area contributed by atoms with Crippen LogP contribution in [0.4, 0.5) is 0 Å². The SMILES string of the molecule is COc1ccc(C(OC[C@H]2O[C@@H](N3C=C(C)C(OC(=O)c4ccc(C)cc4)N(C(=O)c4ccc(C)cc4)C3=S)C[C@@H]2O)(c2ccccc2)c2ccc(OC)cc2)cc1. The number of carbonyl (C=O) groups is 2. The van der Waals surface area contributed by atoms with Gasteiger partial charge in [-0.25, -0.2) is 9.69 Å². The van der Waals surface area contributed by atoms with E-state index in [0.717, 1.165) is 27.8 Å². The minimum atomic E-state index is -1.14. The van der Waals surface area contributed by atoms with Crippen molar-refractivity contribution in [3.8, 4) is 11.5 Å². The number of amides is 1. The van der Waals surface area contributed by atoms with E-state index in [0.29, 0.717) is 28.2 Å². The van der Waals surface area contributed by atoms with Crippen molar-refractivity contribution in [3.05, 3.63) is 178 Å². The van der Waals surface area contributed by atoms with Crippen LogP contribution in [0, 0.1) is 13.8 Å². The van der Waals surface area contributed by atoms with Gasteiger partial charge in [0, 0.05) is 23.8 Å². The molecule has 58 heavy (non-hydrogen) atoms. The third-order valence-corrected chi connectivity index (χ3v) is 11.0. The van der Waals surface area contributed by atoms with Gasteiger partial charge in [0.1, 0.15) is 29.4 Å². The molecule has 2 heterocycles. The van der Waals surface area contributed by atoms with E-state index in [1.807, 2.05) is 117 Å². The molecule has 0 spiro atoms. The quantitative estimate of drug-likeness (QED) is 0.0760. The van der Waals surface area contributed by atoms with E-state index in [-0.39, 0.29) is 18.1 Å². The van der Waals surface area contributed by atoms with Crippen LogP contribution in [0.2, 0.25) is 0 Å². The Morgan fingerprint density at radius 3 is 1.79 bits per heavy atom. The highest BCUT2D eigenvalue weighted by Gasteiger charge is 2.46. The van der Waals surface area contributed by atoms with Gasteiger partial charge in [0.15, 0.2) is 5.11 Å². The third kappa shape index (κ3) is 8.12. The van der Waals surface area contributed by atoms with E-state index in [1.165, 1.54) is 4.90 Å². The lowest BCUT2D eigenvalue weighted by molar-refractivity contribution is -0.0974. The van der Waals surface area contributed by atoms with Gasteiger partial charge in [0.05, 0.1) is 32.5 Å². The van der Waals surface area contributed by atoms with Gasteiger partial charge in [-0.2, -0.15) is 0 Å². The number of esters is 1. The van der Waals surface area contributed by atoms with Crippen molar-refractivity contribution < 1.29 is 38.4 Å². The Balaban J connectivity index is 1.19. The van der Waals surface area contributed by atoms with Crippen LogP contribution in [0.3, 0.4) is 0 Å². The molecule has 0 aliphatic carbocycles. The van der Waals surface area contributed by atoms with Crippen molar-refractivity contribution in [3.63, 3.8) is 0 Å². The Hall–Kier alpha value is -5.85. The minimum absolute atomic E-state index is 0.0171. The molecule has 4 atom stereocenters. The first-order valence-electron chi connectivity index (χ1n) is 19.0. The van der Waals surface area contributed by atoms with Crippen molar-refractivity contribution in [2.45, 2.75) is 57.5 Å². The molecule has 0 radical (unpaired) electrons. The molecule has 10 nitrogen and oxygen atoms in total. The summed E-state index contributed by atoms with van der Waals surface area (Å²) >= 11 is 6.02. The lowest BCUT2D eigenvalue weighted by Crippen LogP contribution is -2.57.